The van der Waals surface area contributed by atoms with E-state index in [0.29, 0.717) is 12.5 Å². The molecule has 0 saturated heterocycles. The molecule has 98 valence electrons. The maximum atomic E-state index is 10.1. The van der Waals surface area contributed by atoms with Gasteiger partial charge < -0.3 is 5.11 Å². The summed E-state index contributed by atoms with van der Waals surface area (Å²) in [5.74, 6) is 0. The monoisotopic (exact) mass is 248 g/mol. The summed E-state index contributed by atoms with van der Waals surface area (Å²) >= 11 is 0. The number of hydrogen-bond donors (Lipinski definition) is 1. The van der Waals surface area contributed by atoms with Gasteiger partial charge in [0, 0.05) is 37.0 Å². The van der Waals surface area contributed by atoms with Crippen LogP contribution in [0.4, 0.5) is 0 Å². The molecular formula is C13H20N4O. The van der Waals surface area contributed by atoms with Gasteiger partial charge in [0.15, 0.2) is 0 Å². The summed E-state index contributed by atoms with van der Waals surface area (Å²) in [6, 6.07) is 2.30. The molecule has 5 nitrogen and oxygen atoms in total. The van der Waals surface area contributed by atoms with E-state index < -0.39 is 6.10 Å². The molecular weight excluding hydrogens is 228 g/mol. The van der Waals surface area contributed by atoms with Gasteiger partial charge in [0.2, 0.25) is 0 Å². The van der Waals surface area contributed by atoms with Crippen molar-refractivity contribution >= 4 is 0 Å². The Morgan fingerprint density at radius 1 is 1.39 bits per heavy atom. The van der Waals surface area contributed by atoms with Gasteiger partial charge >= 0.3 is 0 Å². The zero-order valence-electron chi connectivity index (χ0n) is 11.1. The van der Waals surface area contributed by atoms with Crippen LogP contribution < -0.4 is 0 Å². The first-order valence-electron chi connectivity index (χ1n) is 6.34. The minimum Gasteiger partial charge on any atom is -0.388 e. The molecule has 0 aliphatic carbocycles. The van der Waals surface area contributed by atoms with Gasteiger partial charge in [0.25, 0.3) is 0 Å². The molecule has 1 N–H and O–H groups in total. The fourth-order valence-corrected chi connectivity index (χ4v) is 1.81. The van der Waals surface area contributed by atoms with Crippen LogP contribution in [0, 0.1) is 0 Å². The van der Waals surface area contributed by atoms with Crippen molar-refractivity contribution in [3.05, 3.63) is 35.9 Å². The number of aromatic nitrogens is 4. The minimum atomic E-state index is -0.541. The van der Waals surface area contributed by atoms with Crippen molar-refractivity contribution in [2.75, 3.05) is 0 Å². The first-order chi connectivity index (χ1) is 8.60. The zero-order valence-corrected chi connectivity index (χ0v) is 11.1. The van der Waals surface area contributed by atoms with E-state index in [1.165, 1.54) is 0 Å². The Hall–Kier alpha value is -1.62. The summed E-state index contributed by atoms with van der Waals surface area (Å²) in [6.07, 6.45) is 5.52. The van der Waals surface area contributed by atoms with Gasteiger partial charge in [-0.25, -0.2) is 0 Å². The predicted molar refractivity (Wildman–Crippen MR) is 69.2 cm³/mol. The Morgan fingerprint density at radius 3 is 2.72 bits per heavy atom. The van der Waals surface area contributed by atoms with Crippen molar-refractivity contribution in [1.29, 1.82) is 0 Å². The van der Waals surface area contributed by atoms with Crippen LogP contribution in [-0.4, -0.2) is 24.7 Å². The van der Waals surface area contributed by atoms with Crippen LogP contribution in [-0.2, 0) is 13.0 Å². The molecule has 2 aromatic rings. The van der Waals surface area contributed by atoms with Crippen LogP contribution in [0.25, 0.3) is 0 Å². The molecule has 0 radical (unpaired) electrons. The van der Waals surface area contributed by atoms with Gasteiger partial charge in [-0.3, -0.25) is 9.36 Å². The van der Waals surface area contributed by atoms with E-state index in [-0.39, 0.29) is 0 Å². The second-order valence-corrected chi connectivity index (χ2v) is 4.73. The smallest absolute Gasteiger partial charge is 0.0876 e. The largest absolute Gasteiger partial charge is 0.388 e. The first kappa shape index (κ1) is 12.8. The summed E-state index contributed by atoms with van der Waals surface area (Å²) in [5, 5.41) is 18.7. The van der Waals surface area contributed by atoms with E-state index in [9.17, 15) is 5.11 Å². The molecule has 2 aromatic heterocycles. The van der Waals surface area contributed by atoms with Crippen LogP contribution in [0.2, 0.25) is 0 Å². The third-order valence-electron chi connectivity index (χ3n) is 2.96. The molecule has 0 amide bonds. The van der Waals surface area contributed by atoms with Crippen LogP contribution in [0.1, 0.15) is 44.2 Å². The average Bonchev–Trinajstić information content (AvgIpc) is 2.96. The summed E-state index contributed by atoms with van der Waals surface area (Å²) in [4.78, 5) is 0. The highest BCUT2D eigenvalue weighted by atomic mass is 16.3. The highest BCUT2D eigenvalue weighted by Gasteiger charge is 2.13. The molecule has 1 unspecified atom stereocenters. The molecule has 0 spiro atoms. The fraction of sp³-hybridized carbons (Fsp3) is 0.538. The Bertz CT molecular complexity index is 501. The van der Waals surface area contributed by atoms with Crippen LogP contribution in [0.5, 0.6) is 0 Å². The number of aliphatic hydroxyl groups is 1. The predicted octanol–water partition coefficient (Wildman–Crippen LogP) is 1.96. The van der Waals surface area contributed by atoms with Gasteiger partial charge in [0.1, 0.15) is 0 Å². The van der Waals surface area contributed by atoms with Crippen LogP contribution >= 0.6 is 0 Å². The second-order valence-electron chi connectivity index (χ2n) is 4.73. The summed E-state index contributed by atoms with van der Waals surface area (Å²) in [7, 11) is 0. The molecule has 5 heteroatoms. The molecule has 2 heterocycles. The summed E-state index contributed by atoms with van der Waals surface area (Å²) in [6.45, 7) is 7.00. The number of aliphatic hydroxyl groups excluding tert-OH is 1. The third kappa shape index (κ3) is 2.79. The normalized spacial score (nSPS) is 13.2. The second kappa shape index (κ2) is 5.35. The zero-order chi connectivity index (χ0) is 13.1. The molecule has 0 fully saturated rings. The van der Waals surface area contributed by atoms with Crippen molar-refractivity contribution in [3.63, 3.8) is 0 Å². The standard InChI is InChI=1S/C13H20N4O/c1-4-16-9-11(8-14-16)13(18)7-12-5-6-17(15-12)10(2)3/h5-6,8-10,13,18H,4,7H2,1-3H3. The van der Waals surface area contributed by atoms with Gasteiger partial charge in [-0.2, -0.15) is 10.2 Å². The minimum absolute atomic E-state index is 0.346. The topological polar surface area (TPSA) is 55.9 Å². The SMILES string of the molecule is CCn1cc(C(O)Cc2ccn(C(C)C)n2)cn1. The van der Waals surface area contributed by atoms with Crippen LogP contribution in [0.3, 0.4) is 0 Å². The summed E-state index contributed by atoms with van der Waals surface area (Å²) < 4.78 is 3.71. The molecule has 0 aliphatic heterocycles. The highest BCUT2D eigenvalue weighted by Crippen LogP contribution is 2.17. The lowest BCUT2D eigenvalue weighted by atomic mass is 10.1. The molecule has 1 atom stereocenters. The molecule has 2 rings (SSSR count). The van der Waals surface area contributed by atoms with E-state index in [0.717, 1.165) is 17.8 Å². The molecule has 0 aliphatic rings. The third-order valence-corrected chi connectivity index (χ3v) is 2.96. The lowest BCUT2D eigenvalue weighted by molar-refractivity contribution is 0.176. The molecule has 18 heavy (non-hydrogen) atoms. The van der Waals surface area contributed by atoms with Crippen LogP contribution in [0.15, 0.2) is 24.7 Å². The van der Waals surface area contributed by atoms with Crippen molar-refractivity contribution in [3.8, 4) is 0 Å². The Kier molecular flexibility index (Phi) is 3.81. The number of hydrogen-bond acceptors (Lipinski definition) is 3. The fourth-order valence-electron chi connectivity index (χ4n) is 1.81. The van der Waals surface area contributed by atoms with Crippen molar-refractivity contribution in [2.45, 2.75) is 45.9 Å². The maximum absolute atomic E-state index is 10.1. The first-order valence-corrected chi connectivity index (χ1v) is 6.34. The van der Waals surface area contributed by atoms with E-state index in [1.54, 1.807) is 6.20 Å². The maximum Gasteiger partial charge on any atom is 0.0876 e. The van der Waals surface area contributed by atoms with E-state index in [1.807, 2.05) is 34.7 Å². The molecule has 0 bridgehead atoms. The van der Waals surface area contributed by atoms with Gasteiger partial charge in [0.05, 0.1) is 18.0 Å². The molecule has 0 saturated carbocycles. The number of aryl methyl sites for hydroxylation is 1. The van der Waals surface area contributed by atoms with E-state index in [2.05, 4.69) is 24.0 Å². The van der Waals surface area contributed by atoms with E-state index in [4.69, 9.17) is 0 Å². The number of nitrogens with zero attached hydrogens (tertiary/aromatic N) is 4. The van der Waals surface area contributed by atoms with Crippen molar-refractivity contribution in [1.82, 2.24) is 19.6 Å². The van der Waals surface area contributed by atoms with Gasteiger partial charge in [-0.1, -0.05) is 0 Å². The Balaban J connectivity index is 2.03. The van der Waals surface area contributed by atoms with Gasteiger partial charge in [-0.05, 0) is 26.8 Å². The average molecular weight is 248 g/mol. The van der Waals surface area contributed by atoms with E-state index >= 15 is 0 Å². The van der Waals surface area contributed by atoms with Gasteiger partial charge in [-0.15, -0.1) is 0 Å². The Morgan fingerprint density at radius 2 is 2.17 bits per heavy atom. The quantitative estimate of drug-likeness (QED) is 0.880. The highest BCUT2D eigenvalue weighted by molar-refractivity contribution is 5.12. The molecule has 0 aromatic carbocycles. The van der Waals surface area contributed by atoms with Crippen molar-refractivity contribution in [2.24, 2.45) is 0 Å². The lowest BCUT2D eigenvalue weighted by Gasteiger charge is -2.07. The lowest BCUT2D eigenvalue weighted by Crippen LogP contribution is -2.05. The Labute approximate surface area is 107 Å². The summed E-state index contributed by atoms with van der Waals surface area (Å²) in [5.41, 5.74) is 1.75. The number of rotatable bonds is 5. The van der Waals surface area contributed by atoms with Crippen molar-refractivity contribution < 1.29 is 5.11 Å².